The van der Waals surface area contributed by atoms with E-state index in [1.54, 1.807) is 40.7 Å². The molecule has 1 unspecified atom stereocenters. The highest BCUT2D eigenvalue weighted by molar-refractivity contribution is 5.81. The molecule has 0 saturated heterocycles. The van der Waals surface area contributed by atoms with Gasteiger partial charge in [-0.25, -0.2) is 4.79 Å². The third kappa shape index (κ3) is 11.2. The molecule has 0 amide bonds. The second-order valence-corrected chi connectivity index (χ2v) is 11.4. The van der Waals surface area contributed by atoms with Crippen molar-refractivity contribution in [3.8, 4) is 11.5 Å². The fourth-order valence-electron chi connectivity index (χ4n) is 2.87. The van der Waals surface area contributed by atoms with Crippen LogP contribution in [0.2, 0.25) is 0 Å². The number of aliphatic carboxylic acids is 1. The number of carboxylic acids is 1. The molecule has 0 aliphatic heterocycles. The number of hydrogen-bond acceptors (Lipinski definition) is 9. The quantitative estimate of drug-likeness (QED) is 0.222. The van der Waals surface area contributed by atoms with E-state index < -0.39 is 47.0 Å². The summed E-state index contributed by atoms with van der Waals surface area (Å²) < 4.78 is 21.4. The summed E-state index contributed by atoms with van der Waals surface area (Å²) in [4.78, 5) is 49.3. The predicted molar refractivity (Wildman–Crippen MR) is 146 cm³/mol. The molecular formula is C29H45NO9. The third-order valence-electron chi connectivity index (χ3n) is 6.51. The summed E-state index contributed by atoms with van der Waals surface area (Å²) in [5.41, 5.74) is -0.995. The number of hydrogen-bond donors (Lipinski definition) is 2. The zero-order valence-corrected chi connectivity index (χ0v) is 24.7. The molecular weight excluding hydrogens is 506 g/mol. The summed E-state index contributed by atoms with van der Waals surface area (Å²) in [5, 5.41) is 12.6. The fourth-order valence-corrected chi connectivity index (χ4v) is 2.87. The Balaban J connectivity index is 3.09. The summed E-state index contributed by atoms with van der Waals surface area (Å²) in [6.45, 7) is 16.5. The van der Waals surface area contributed by atoms with E-state index in [1.165, 1.54) is 12.1 Å². The van der Waals surface area contributed by atoms with Crippen LogP contribution in [-0.2, 0) is 30.3 Å². The number of rotatable bonds is 15. The molecule has 2 atom stereocenters. The Bertz CT molecular complexity index is 1000. The molecule has 0 fully saturated rings. The first-order chi connectivity index (χ1) is 18.0. The topological polar surface area (TPSA) is 137 Å². The van der Waals surface area contributed by atoms with Crippen LogP contribution in [-0.4, -0.2) is 54.5 Å². The van der Waals surface area contributed by atoms with E-state index in [2.05, 4.69) is 5.32 Å². The van der Waals surface area contributed by atoms with Gasteiger partial charge in [-0.05, 0) is 77.5 Å². The number of benzene rings is 1. The lowest BCUT2D eigenvalue weighted by molar-refractivity contribution is -0.147. The van der Waals surface area contributed by atoms with E-state index in [4.69, 9.17) is 18.9 Å². The Kier molecular flexibility index (Phi) is 12.9. The van der Waals surface area contributed by atoms with Gasteiger partial charge >= 0.3 is 24.1 Å². The summed E-state index contributed by atoms with van der Waals surface area (Å²) in [6.07, 6.45) is -0.354. The number of carboxylic acid groups (broad SMARTS) is 1. The zero-order chi connectivity index (χ0) is 30.0. The summed E-state index contributed by atoms with van der Waals surface area (Å²) in [7, 11) is 0. The molecule has 10 heteroatoms. The maximum Gasteiger partial charge on any atom is 0.508 e. The molecule has 0 radical (unpaired) electrons. The molecule has 0 bridgehead atoms. The number of carbonyl (C=O) groups is 4. The average molecular weight is 552 g/mol. The lowest BCUT2D eigenvalue weighted by atomic mass is 9.90. The van der Waals surface area contributed by atoms with E-state index in [1.807, 2.05) is 27.7 Å². The minimum absolute atomic E-state index is 0.0241. The van der Waals surface area contributed by atoms with Crippen molar-refractivity contribution in [1.29, 1.82) is 0 Å². The second kappa shape index (κ2) is 14.9. The smallest absolute Gasteiger partial charge is 0.480 e. The molecule has 0 saturated carbocycles. The van der Waals surface area contributed by atoms with Crippen molar-refractivity contribution in [3.05, 3.63) is 23.8 Å². The van der Waals surface area contributed by atoms with E-state index in [9.17, 15) is 24.3 Å². The van der Waals surface area contributed by atoms with Gasteiger partial charge in [-0.15, -0.1) is 0 Å². The molecule has 0 heterocycles. The zero-order valence-electron chi connectivity index (χ0n) is 24.7. The van der Waals surface area contributed by atoms with Gasteiger partial charge in [0.25, 0.3) is 0 Å². The van der Waals surface area contributed by atoms with Crippen molar-refractivity contribution in [1.82, 2.24) is 5.32 Å². The summed E-state index contributed by atoms with van der Waals surface area (Å²) in [5.74, 6) is -1.82. The van der Waals surface area contributed by atoms with Gasteiger partial charge in [-0.3, -0.25) is 14.4 Å². The monoisotopic (exact) mass is 551 g/mol. The van der Waals surface area contributed by atoms with Gasteiger partial charge in [0, 0.05) is 6.54 Å². The summed E-state index contributed by atoms with van der Waals surface area (Å²) >= 11 is 0. The summed E-state index contributed by atoms with van der Waals surface area (Å²) in [6, 6.07) is 3.58. The number of carbonyl (C=O) groups excluding carboxylic acids is 3. The van der Waals surface area contributed by atoms with Gasteiger partial charge < -0.3 is 29.4 Å². The number of ether oxygens (including phenoxy) is 4. The molecule has 0 aromatic heterocycles. The Morgan fingerprint density at radius 3 is 1.92 bits per heavy atom. The van der Waals surface area contributed by atoms with Crippen molar-refractivity contribution in [2.45, 2.75) is 93.7 Å². The highest BCUT2D eigenvalue weighted by Gasteiger charge is 2.32. The molecule has 0 aliphatic carbocycles. The fraction of sp³-hybridized carbons (Fsp3) is 0.655. The van der Waals surface area contributed by atoms with E-state index in [0.717, 1.165) is 0 Å². The Morgan fingerprint density at radius 1 is 0.897 bits per heavy atom. The molecule has 1 aromatic carbocycles. The molecule has 1 rings (SSSR count). The first-order valence-electron chi connectivity index (χ1n) is 13.4. The van der Waals surface area contributed by atoms with Gasteiger partial charge in [0.05, 0.1) is 17.4 Å². The SMILES string of the molecule is CCC(C)(C)C(=O)Oc1ccc(C[C@H](NCC(C)OC(=O)OCC(C)C)C(=O)O)cc1OC(=O)C(C)(C)CC. The Labute approximate surface area is 231 Å². The molecule has 0 spiro atoms. The molecule has 220 valence electrons. The minimum Gasteiger partial charge on any atom is -0.480 e. The molecule has 39 heavy (non-hydrogen) atoms. The van der Waals surface area contributed by atoms with Crippen LogP contribution in [0.4, 0.5) is 4.79 Å². The molecule has 0 aliphatic rings. The van der Waals surface area contributed by atoms with Crippen LogP contribution in [0.5, 0.6) is 11.5 Å². The Morgan fingerprint density at radius 2 is 1.44 bits per heavy atom. The first kappa shape index (κ1) is 33.9. The normalized spacial score (nSPS) is 13.4. The van der Waals surface area contributed by atoms with Gasteiger partial charge in [0.15, 0.2) is 11.5 Å². The van der Waals surface area contributed by atoms with E-state index in [-0.39, 0.29) is 37.0 Å². The van der Waals surface area contributed by atoms with Crippen LogP contribution < -0.4 is 14.8 Å². The Hall–Kier alpha value is -3.14. The van der Waals surface area contributed by atoms with Crippen LogP contribution in [0.15, 0.2) is 18.2 Å². The van der Waals surface area contributed by atoms with Crippen LogP contribution >= 0.6 is 0 Å². The minimum atomic E-state index is -1.12. The van der Waals surface area contributed by atoms with Crippen molar-refractivity contribution in [2.75, 3.05) is 13.2 Å². The highest BCUT2D eigenvalue weighted by atomic mass is 16.7. The maximum absolute atomic E-state index is 12.8. The number of esters is 2. The highest BCUT2D eigenvalue weighted by Crippen LogP contribution is 2.34. The van der Waals surface area contributed by atoms with Crippen molar-refractivity contribution < 1.29 is 43.2 Å². The number of nitrogens with one attached hydrogen (secondary N) is 1. The first-order valence-corrected chi connectivity index (χ1v) is 13.4. The average Bonchev–Trinajstić information content (AvgIpc) is 2.86. The lowest BCUT2D eigenvalue weighted by Gasteiger charge is -2.24. The van der Waals surface area contributed by atoms with Crippen molar-refractivity contribution in [3.63, 3.8) is 0 Å². The van der Waals surface area contributed by atoms with Gasteiger partial charge in [-0.2, -0.15) is 0 Å². The van der Waals surface area contributed by atoms with Gasteiger partial charge in [-0.1, -0.05) is 33.8 Å². The van der Waals surface area contributed by atoms with Crippen LogP contribution in [0.1, 0.15) is 80.7 Å². The predicted octanol–water partition coefficient (Wildman–Crippen LogP) is 5.15. The molecule has 2 N–H and O–H groups in total. The molecule has 10 nitrogen and oxygen atoms in total. The van der Waals surface area contributed by atoms with Crippen LogP contribution in [0.25, 0.3) is 0 Å². The van der Waals surface area contributed by atoms with Crippen molar-refractivity contribution >= 4 is 24.1 Å². The van der Waals surface area contributed by atoms with Crippen LogP contribution in [0.3, 0.4) is 0 Å². The van der Waals surface area contributed by atoms with Gasteiger partial charge in [0.1, 0.15) is 12.1 Å². The van der Waals surface area contributed by atoms with Crippen LogP contribution in [0, 0.1) is 16.7 Å². The van der Waals surface area contributed by atoms with Crippen molar-refractivity contribution in [2.24, 2.45) is 16.7 Å². The van der Waals surface area contributed by atoms with E-state index in [0.29, 0.717) is 18.4 Å². The lowest BCUT2D eigenvalue weighted by Crippen LogP contribution is -2.42. The largest absolute Gasteiger partial charge is 0.508 e. The van der Waals surface area contributed by atoms with Gasteiger partial charge in [0.2, 0.25) is 0 Å². The standard InChI is InChI=1S/C29H45NO9/c1-10-28(6,7)25(33)38-22-13-12-20(15-23(22)39-26(34)29(8,9)11-2)14-21(24(31)32)30-16-19(5)37-27(35)36-17-18(3)4/h12-13,15,18-19,21,30H,10-11,14,16-17H2,1-9H3,(H,31,32)/t19?,21-/m0/s1. The second-order valence-electron chi connectivity index (χ2n) is 11.4. The van der Waals surface area contributed by atoms with E-state index >= 15 is 0 Å². The molecule has 1 aromatic rings. The maximum atomic E-state index is 12.8. The third-order valence-corrected chi connectivity index (χ3v) is 6.51.